The van der Waals surface area contributed by atoms with Gasteiger partial charge in [0, 0.05) is 29.5 Å². The number of hydrogen-bond donors (Lipinski definition) is 0. The van der Waals surface area contributed by atoms with Crippen molar-refractivity contribution in [3.05, 3.63) is 45.9 Å². The highest BCUT2D eigenvalue weighted by Crippen LogP contribution is 2.25. The molecule has 3 rings (SSSR count). The molecule has 0 spiro atoms. The largest absolute Gasteiger partial charge is 0.490 e. The molecular weight excluding hydrogens is 324 g/mol. The van der Waals surface area contributed by atoms with Crippen molar-refractivity contribution in [1.82, 2.24) is 4.98 Å². The molecule has 2 aromatic rings. The lowest BCUT2D eigenvalue weighted by atomic mass is 9.99. The maximum atomic E-state index is 12.6. The Labute approximate surface area is 144 Å². The summed E-state index contributed by atoms with van der Waals surface area (Å²) in [5.74, 6) is -0.354. The maximum absolute atomic E-state index is 12.6. The molecule has 0 aliphatic carbocycles. The van der Waals surface area contributed by atoms with E-state index < -0.39 is 5.92 Å². The number of hydrogen-bond acceptors (Lipinski definition) is 6. The summed E-state index contributed by atoms with van der Waals surface area (Å²) in [6.07, 6.45) is 1.91. The molecule has 1 aliphatic rings. The summed E-state index contributed by atoms with van der Waals surface area (Å²) in [6, 6.07) is 9.05. The lowest BCUT2D eigenvalue weighted by molar-refractivity contribution is 0.0256. The number of rotatable bonds is 5. The normalized spacial score (nSPS) is 16.3. The number of nitriles is 1. The highest BCUT2D eigenvalue weighted by Gasteiger charge is 2.24. The number of nitrogens with zero attached hydrogens (tertiary/aromatic N) is 2. The quantitative estimate of drug-likeness (QED) is 0.778. The van der Waals surface area contributed by atoms with Crippen LogP contribution in [0.3, 0.4) is 0 Å². The third-order valence-electron chi connectivity index (χ3n) is 3.88. The van der Waals surface area contributed by atoms with Gasteiger partial charge in [0.25, 0.3) is 0 Å². The third kappa shape index (κ3) is 3.81. The van der Waals surface area contributed by atoms with E-state index in [0.29, 0.717) is 10.6 Å². The van der Waals surface area contributed by atoms with Crippen LogP contribution in [-0.2, 0) is 4.74 Å². The Morgan fingerprint density at radius 2 is 2.08 bits per heavy atom. The van der Waals surface area contributed by atoms with E-state index in [2.05, 4.69) is 11.1 Å². The molecule has 1 saturated heterocycles. The highest BCUT2D eigenvalue weighted by atomic mass is 32.1. The summed E-state index contributed by atoms with van der Waals surface area (Å²) >= 11 is 1.34. The Balaban J connectivity index is 1.70. The molecule has 0 amide bonds. The van der Waals surface area contributed by atoms with Crippen LogP contribution < -0.4 is 4.74 Å². The number of ether oxygens (including phenoxy) is 2. The number of Topliss-reactive ketones (excluding diaryl/α,β-unsaturated/α-hetero) is 1. The zero-order chi connectivity index (χ0) is 16.9. The van der Waals surface area contributed by atoms with E-state index in [9.17, 15) is 10.1 Å². The number of ketones is 1. The zero-order valence-electron chi connectivity index (χ0n) is 13.4. The first-order chi connectivity index (χ1) is 11.7. The molecule has 5 nitrogen and oxygen atoms in total. The van der Waals surface area contributed by atoms with Crippen molar-refractivity contribution in [3.63, 3.8) is 0 Å². The van der Waals surface area contributed by atoms with Crippen molar-refractivity contribution >= 4 is 17.1 Å². The molecule has 124 valence electrons. The number of carbonyl (C=O) groups excluding carboxylic acids is 1. The summed E-state index contributed by atoms with van der Waals surface area (Å²) in [4.78, 5) is 16.8. The van der Waals surface area contributed by atoms with Crippen molar-refractivity contribution in [3.8, 4) is 11.8 Å². The van der Waals surface area contributed by atoms with Crippen LogP contribution in [0.15, 0.2) is 29.6 Å². The number of benzene rings is 1. The summed E-state index contributed by atoms with van der Waals surface area (Å²) < 4.78 is 11.2. The fourth-order valence-corrected chi connectivity index (χ4v) is 3.42. The number of thiazole rings is 1. The first kappa shape index (κ1) is 16.6. The van der Waals surface area contributed by atoms with Gasteiger partial charge in [0.05, 0.1) is 19.3 Å². The molecule has 1 aromatic carbocycles. The molecule has 0 N–H and O–H groups in total. The van der Waals surface area contributed by atoms with Crippen molar-refractivity contribution in [1.29, 1.82) is 5.26 Å². The first-order valence-electron chi connectivity index (χ1n) is 7.87. The van der Waals surface area contributed by atoms with E-state index in [4.69, 9.17) is 9.47 Å². The van der Waals surface area contributed by atoms with Crippen LogP contribution in [0.2, 0.25) is 0 Å². The van der Waals surface area contributed by atoms with Gasteiger partial charge in [-0.1, -0.05) is 0 Å². The van der Waals surface area contributed by atoms with Crippen molar-refractivity contribution < 1.29 is 14.3 Å². The topological polar surface area (TPSA) is 72.2 Å². The molecular formula is C18H18N2O3S. The minimum atomic E-state index is -0.856. The molecule has 0 bridgehead atoms. The summed E-state index contributed by atoms with van der Waals surface area (Å²) in [6.45, 7) is 3.29. The molecule has 1 fully saturated rings. The molecule has 2 heterocycles. The van der Waals surface area contributed by atoms with E-state index in [1.165, 1.54) is 11.3 Å². The van der Waals surface area contributed by atoms with Gasteiger partial charge in [-0.05, 0) is 31.2 Å². The van der Waals surface area contributed by atoms with Gasteiger partial charge < -0.3 is 9.47 Å². The van der Waals surface area contributed by atoms with Crippen LogP contribution in [-0.4, -0.2) is 30.1 Å². The van der Waals surface area contributed by atoms with Gasteiger partial charge >= 0.3 is 0 Å². The monoisotopic (exact) mass is 342 g/mol. The average molecular weight is 342 g/mol. The SMILES string of the molecule is Cc1csc([C@H](C#N)C(=O)c2ccc(OC3CCOCC3)cc2)n1. The fraction of sp³-hybridized carbons (Fsp3) is 0.389. The fourth-order valence-electron chi connectivity index (χ4n) is 2.58. The molecule has 6 heteroatoms. The Morgan fingerprint density at radius 1 is 1.38 bits per heavy atom. The minimum Gasteiger partial charge on any atom is -0.490 e. The second kappa shape index (κ2) is 7.56. The average Bonchev–Trinajstić information content (AvgIpc) is 3.03. The molecule has 0 radical (unpaired) electrons. The van der Waals surface area contributed by atoms with Crippen LogP contribution in [0.4, 0.5) is 0 Å². The number of carbonyl (C=O) groups is 1. The second-order valence-electron chi connectivity index (χ2n) is 5.71. The molecule has 0 saturated carbocycles. The molecule has 1 aliphatic heterocycles. The minimum absolute atomic E-state index is 0.158. The van der Waals surface area contributed by atoms with Gasteiger partial charge in [0.2, 0.25) is 0 Å². The van der Waals surface area contributed by atoms with E-state index in [1.54, 1.807) is 24.3 Å². The lowest BCUT2D eigenvalue weighted by Crippen LogP contribution is -2.25. The summed E-state index contributed by atoms with van der Waals surface area (Å²) in [5, 5.41) is 11.7. The molecule has 1 atom stereocenters. The molecule has 24 heavy (non-hydrogen) atoms. The van der Waals surface area contributed by atoms with E-state index in [1.807, 2.05) is 12.3 Å². The van der Waals surface area contributed by atoms with Crippen molar-refractivity contribution in [2.45, 2.75) is 31.8 Å². The number of aromatic nitrogens is 1. The standard InChI is InChI=1S/C18H18N2O3S/c1-12-11-24-18(20-12)16(10-19)17(21)13-2-4-14(5-3-13)23-15-6-8-22-9-7-15/h2-5,11,15-16H,6-9H2,1H3/t16-/m1/s1. The smallest absolute Gasteiger partial charge is 0.186 e. The Kier molecular flexibility index (Phi) is 5.24. The second-order valence-corrected chi connectivity index (χ2v) is 6.60. The van der Waals surface area contributed by atoms with Gasteiger partial charge in [-0.3, -0.25) is 4.79 Å². The zero-order valence-corrected chi connectivity index (χ0v) is 14.2. The van der Waals surface area contributed by atoms with Gasteiger partial charge in [0.1, 0.15) is 16.9 Å². The van der Waals surface area contributed by atoms with E-state index >= 15 is 0 Å². The number of aryl methyl sites for hydroxylation is 1. The van der Waals surface area contributed by atoms with Gasteiger partial charge in [-0.25, -0.2) is 4.98 Å². The predicted molar refractivity (Wildman–Crippen MR) is 90.4 cm³/mol. The molecule has 0 unspecified atom stereocenters. The van der Waals surface area contributed by atoms with Crippen LogP contribution in [0, 0.1) is 18.3 Å². The van der Waals surface area contributed by atoms with Crippen LogP contribution in [0.25, 0.3) is 0 Å². The highest BCUT2D eigenvalue weighted by molar-refractivity contribution is 7.10. The predicted octanol–water partition coefficient (Wildman–Crippen LogP) is 3.50. The van der Waals surface area contributed by atoms with Crippen LogP contribution in [0.1, 0.15) is 39.8 Å². The van der Waals surface area contributed by atoms with Gasteiger partial charge in [0.15, 0.2) is 11.7 Å². The van der Waals surface area contributed by atoms with Crippen LogP contribution >= 0.6 is 11.3 Å². The lowest BCUT2D eigenvalue weighted by Gasteiger charge is -2.23. The summed E-state index contributed by atoms with van der Waals surface area (Å²) in [7, 11) is 0. The molecule has 1 aromatic heterocycles. The maximum Gasteiger partial charge on any atom is 0.186 e. The van der Waals surface area contributed by atoms with Crippen molar-refractivity contribution in [2.24, 2.45) is 0 Å². The Morgan fingerprint density at radius 3 is 2.67 bits per heavy atom. The Hall–Kier alpha value is -2.23. The third-order valence-corrected chi connectivity index (χ3v) is 4.91. The van der Waals surface area contributed by atoms with E-state index in [-0.39, 0.29) is 11.9 Å². The van der Waals surface area contributed by atoms with E-state index in [0.717, 1.165) is 37.5 Å². The Bertz CT molecular complexity index is 742. The van der Waals surface area contributed by atoms with Crippen LogP contribution in [0.5, 0.6) is 5.75 Å². The van der Waals surface area contributed by atoms with Crippen molar-refractivity contribution in [2.75, 3.05) is 13.2 Å². The first-order valence-corrected chi connectivity index (χ1v) is 8.75. The van der Waals surface area contributed by atoms with Gasteiger partial charge in [-0.15, -0.1) is 11.3 Å². The van der Waals surface area contributed by atoms with Gasteiger partial charge in [-0.2, -0.15) is 5.26 Å². The summed E-state index contributed by atoms with van der Waals surface area (Å²) in [5.41, 5.74) is 1.32.